The maximum absolute atomic E-state index is 13.3. The Bertz CT molecular complexity index is 1600. The number of nitrogens with one attached hydrogen (secondary N) is 1. The number of carboxylic acids is 1. The molecule has 3 aromatic rings. The average Bonchev–Trinajstić information content (AvgIpc) is 3.17. The zero-order chi connectivity index (χ0) is 32.5. The minimum absolute atomic E-state index is 0.0158. The highest BCUT2D eigenvalue weighted by Gasteiger charge is 2.65. The number of fused-ring (bicyclic) bond motifs is 1. The monoisotopic (exact) mass is 648 g/mol. The highest BCUT2D eigenvalue weighted by Crippen LogP contribution is 3.02. The van der Waals surface area contributed by atoms with Gasteiger partial charge in [-0.2, -0.15) is 9.61 Å². The molecule has 0 aliphatic carbocycles. The first-order valence-corrected chi connectivity index (χ1v) is 14.1. The molecule has 0 atom stereocenters. The van der Waals surface area contributed by atoms with Crippen molar-refractivity contribution in [3.8, 4) is 5.75 Å². The molecule has 0 aliphatic heterocycles. The van der Waals surface area contributed by atoms with E-state index in [4.69, 9.17) is 22.1 Å². The number of Topliss-reactive ketones (excluding diaryl/α,β-unsaturated/α-hetero) is 1. The van der Waals surface area contributed by atoms with E-state index in [2.05, 4.69) is 14.9 Å². The Morgan fingerprint density at radius 1 is 1.07 bits per heavy atom. The van der Waals surface area contributed by atoms with E-state index in [0.29, 0.717) is 13.1 Å². The van der Waals surface area contributed by atoms with E-state index in [0.717, 1.165) is 36.2 Å². The summed E-state index contributed by atoms with van der Waals surface area (Å²) in [6.07, 6.45) is 0. The summed E-state index contributed by atoms with van der Waals surface area (Å²) in [6.45, 7) is 5.39. The van der Waals surface area contributed by atoms with Crippen molar-refractivity contribution in [2.45, 2.75) is 44.8 Å². The van der Waals surface area contributed by atoms with Crippen LogP contribution in [0.25, 0.3) is 5.65 Å². The number of amides is 1. The molecule has 19 heteroatoms. The number of hydrogen-bond acceptors (Lipinski definition) is 7. The molecular weight excluding hydrogens is 622 g/mol. The number of carboxylic acid groups (broad SMARTS) is 1. The Labute approximate surface area is 239 Å². The average molecular weight is 649 g/mol. The van der Waals surface area contributed by atoms with Crippen LogP contribution in [0.5, 0.6) is 5.75 Å². The molecule has 0 unspecified atom stereocenters. The molecule has 3 rings (SSSR count). The fourth-order valence-electron chi connectivity index (χ4n) is 3.23. The molecule has 0 radical (unpaired) electrons. The van der Waals surface area contributed by atoms with Crippen LogP contribution in [0.3, 0.4) is 0 Å². The predicted octanol–water partition coefficient (Wildman–Crippen LogP) is 5.51. The second kappa shape index (κ2) is 11.1. The van der Waals surface area contributed by atoms with Crippen LogP contribution < -0.4 is 10.4 Å². The Hall–Kier alpha value is -3.80. The van der Waals surface area contributed by atoms with E-state index in [1.54, 1.807) is 13.8 Å². The molecule has 2 aromatic heterocycles. The van der Waals surface area contributed by atoms with E-state index in [9.17, 15) is 38.2 Å². The van der Waals surface area contributed by atoms with Gasteiger partial charge in [0.2, 0.25) is 11.3 Å². The van der Waals surface area contributed by atoms with Crippen LogP contribution in [0, 0.1) is 5.41 Å². The smallest absolute Gasteiger partial charge is 0.340 e. The molecule has 42 heavy (non-hydrogen) atoms. The van der Waals surface area contributed by atoms with Gasteiger partial charge in [-0.1, -0.05) is 31.0 Å². The van der Waals surface area contributed by atoms with Gasteiger partial charge in [0.15, 0.2) is 16.6 Å². The second-order valence-electron chi connectivity index (χ2n) is 9.14. The Kier molecular flexibility index (Phi) is 9.11. The fraction of sp³-hybridized carbons (Fsp3) is 0.391. The molecule has 234 valence electrons. The van der Waals surface area contributed by atoms with Crippen molar-refractivity contribution in [3.05, 3.63) is 46.2 Å². The summed E-state index contributed by atoms with van der Waals surface area (Å²) >= 11 is 5.98. The van der Waals surface area contributed by atoms with Crippen molar-refractivity contribution in [1.29, 1.82) is 5.41 Å². The Morgan fingerprint density at radius 3 is 2.07 bits per heavy atom. The van der Waals surface area contributed by atoms with Gasteiger partial charge < -0.3 is 14.7 Å². The van der Waals surface area contributed by atoms with Crippen LogP contribution in [0.1, 0.15) is 48.4 Å². The summed E-state index contributed by atoms with van der Waals surface area (Å²) in [5.41, 5.74) is -3.48. The molecule has 0 aliphatic rings. The van der Waals surface area contributed by atoms with E-state index in [1.165, 1.54) is 11.0 Å². The lowest BCUT2D eigenvalue weighted by Gasteiger charge is -2.40. The van der Waals surface area contributed by atoms with Crippen LogP contribution in [0.15, 0.2) is 29.2 Å². The molecule has 0 saturated heterocycles. The van der Waals surface area contributed by atoms with Crippen LogP contribution in [-0.2, 0) is 11.3 Å². The standard InChI is InChI=1S/C19H20ClF5N6O3S.C4H7FO2/c1-4-29(5-2)18(33)14-9-16(20)27-31-17(14)28-30(19(31)26)10-15(32)11-6-12(34-3)8-13(7-11)35(21,22,23,24)25;1-4(2,5)3(6)7/h6-9,26H,4-5,10H2,1-3H3;1-2H3,(H,6,7). The van der Waals surface area contributed by atoms with Gasteiger partial charge in [0.05, 0.1) is 12.7 Å². The minimum atomic E-state index is -10.1. The van der Waals surface area contributed by atoms with Crippen LogP contribution in [0.4, 0.5) is 23.8 Å². The third-order valence-electron chi connectivity index (χ3n) is 5.53. The molecular formula is C23H27ClF6N6O5S. The Morgan fingerprint density at radius 2 is 1.62 bits per heavy atom. The van der Waals surface area contributed by atoms with Crippen molar-refractivity contribution in [1.82, 2.24) is 24.3 Å². The highest BCUT2D eigenvalue weighted by molar-refractivity contribution is 8.45. The number of methoxy groups -OCH3 is 1. The molecule has 0 spiro atoms. The van der Waals surface area contributed by atoms with Crippen molar-refractivity contribution in [3.63, 3.8) is 0 Å². The summed E-state index contributed by atoms with van der Waals surface area (Å²) in [5, 5.41) is 23.9. The Balaban J connectivity index is 0.000000782. The number of aliphatic carboxylic acids is 1. The number of carbonyl (C=O) groups excluding carboxylic acids is 2. The number of aromatic nitrogens is 4. The third-order valence-corrected chi connectivity index (χ3v) is 6.84. The second-order valence-corrected chi connectivity index (χ2v) is 11.9. The quantitative estimate of drug-likeness (QED) is 0.230. The summed E-state index contributed by atoms with van der Waals surface area (Å²) in [7, 11) is -9.16. The topological polar surface area (TPSA) is 143 Å². The number of hydrogen-bond donors (Lipinski definition) is 2. The molecule has 11 nitrogen and oxygen atoms in total. The molecule has 1 amide bonds. The SMILES string of the molecule is CC(C)(F)C(=O)O.CCN(CC)C(=O)c1cc(Cl)nn2c(=N)n(CC(=O)c3cc(OC)cc(S(F)(F)(F)(F)F)c3)nc12. The van der Waals surface area contributed by atoms with Gasteiger partial charge in [-0.05, 0) is 45.9 Å². The number of halogens is 7. The number of nitrogens with zero attached hydrogens (tertiary/aromatic N) is 5. The zero-order valence-corrected chi connectivity index (χ0v) is 24.4. The lowest BCUT2D eigenvalue weighted by atomic mass is 10.1. The van der Waals surface area contributed by atoms with Gasteiger partial charge in [-0.25, -0.2) is 13.9 Å². The van der Waals surface area contributed by atoms with E-state index in [1.807, 2.05) is 0 Å². The van der Waals surface area contributed by atoms with E-state index < -0.39 is 61.9 Å². The van der Waals surface area contributed by atoms with Crippen molar-refractivity contribution < 1.29 is 48.0 Å². The number of alkyl halides is 1. The molecule has 2 N–H and O–H groups in total. The molecule has 0 bridgehead atoms. The van der Waals surface area contributed by atoms with Crippen LogP contribution >= 0.6 is 21.8 Å². The van der Waals surface area contributed by atoms with Crippen molar-refractivity contribution in [2.24, 2.45) is 0 Å². The first-order valence-electron chi connectivity index (χ1n) is 11.8. The van der Waals surface area contributed by atoms with Gasteiger partial charge in [0.25, 0.3) is 5.91 Å². The van der Waals surface area contributed by atoms with Crippen molar-refractivity contribution in [2.75, 3.05) is 20.2 Å². The number of rotatable bonds is 9. The van der Waals surface area contributed by atoms with Crippen LogP contribution in [0.2, 0.25) is 5.15 Å². The van der Waals surface area contributed by atoms with Gasteiger partial charge in [0.1, 0.15) is 17.2 Å². The van der Waals surface area contributed by atoms with Crippen molar-refractivity contribution >= 4 is 45.1 Å². The summed E-state index contributed by atoms with van der Waals surface area (Å²) in [6, 6.07) is 2.22. The minimum Gasteiger partial charge on any atom is -0.497 e. The molecule has 0 saturated carbocycles. The number of ketones is 1. The summed E-state index contributed by atoms with van der Waals surface area (Å²) in [5.74, 6) is -3.57. The lowest BCUT2D eigenvalue weighted by Crippen LogP contribution is -2.31. The third kappa shape index (κ3) is 8.15. The maximum atomic E-state index is 13.3. The number of ether oxygens (including phenoxy) is 1. The molecule has 2 heterocycles. The largest absolute Gasteiger partial charge is 0.497 e. The zero-order valence-electron chi connectivity index (χ0n) is 22.8. The summed E-state index contributed by atoms with van der Waals surface area (Å²) < 4.78 is 84.9. The first-order chi connectivity index (χ1) is 18.9. The van der Waals surface area contributed by atoms with Crippen LogP contribution in [-0.4, -0.2) is 72.9 Å². The fourth-order valence-corrected chi connectivity index (χ4v) is 4.11. The highest BCUT2D eigenvalue weighted by atomic mass is 35.5. The maximum Gasteiger partial charge on any atom is 0.340 e. The van der Waals surface area contributed by atoms with Gasteiger partial charge in [-0.15, -0.1) is 5.10 Å². The van der Waals surface area contributed by atoms with Gasteiger partial charge >= 0.3 is 16.2 Å². The van der Waals surface area contributed by atoms with Gasteiger partial charge in [-0.3, -0.25) is 15.0 Å². The summed E-state index contributed by atoms with van der Waals surface area (Å²) in [4.78, 5) is 34.4. The number of carbonyl (C=O) groups is 3. The molecule has 1 aromatic carbocycles. The van der Waals surface area contributed by atoms with Gasteiger partial charge in [0, 0.05) is 24.7 Å². The normalized spacial score (nSPS) is 13.4. The van der Waals surface area contributed by atoms with E-state index >= 15 is 0 Å². The predicted molar refractivity (Wildman–Crippen MR) is 141 cm³/mol. The number of benzene rings is 1. The first kappa shape index (κ1) is 34.4. The molecule has 0 fully saturated rings. The van der Waals surface area contributed by atoms with E-state index in [-0.39, 0.29) is 28.5 Å². The lowest BCUT2D eigenvalue weighted by molar-refractivity contribution is -0.148.